The Kier molecular flexibility index (Phi) is 4.63. The van der Waals surface area contributed by atoms with Gasteiger partial charge in [-0.25, -0.2) is 0 Å². The second kappa shape index (κ2) is 6.01. The monoisotopic (exact) mass is 237 g/mol. The fraction of sp³-hybridized carbons (Fsp3) is 0.867. The topological polar surface area (TPSA) is 21.3 Å². The molecule has 17 heavy (non-hydrogen) atoms. The molecule has 0 aromatic rings. The normalized spacial score (nSPS) is 28.8. The van der Waals surface area contributed by atoms with Crippen LogP contribution in [-0.2, 0) is 4.74 Å². The average Bonchev–Trinajstić information content (AvgIpc) is 2.29. The maximum Gasteiger partial charge on any atom is 0.0641 e. The predicted octanol–water partition coefficient (Wildman–Crippen LogP) is 3.42. The third-order valence-electron chi connectivity index (χ3n) is 3.96. The Labute approximate surface area is 106 Å². The summed E-state index contributed by atoms with van der Waals surface area (Å²) in [6, 6.07) is 0.656. The zero-order valence-corrected chi connectivity index (χ0v) is 11.4. The van der Waals surface area contributed by atoms with Crippen molar-refractivity contribution >= 4 is 0 Å². The lowest BCUT2D eigenvalue weighted by atomic mass is 9.93. The molecular formula is C15H27NO. The zero-order chi connectivity index (χ0) is 12.1. The van der Waals surface area contributed by atoms with Crippen LogP contribution in [0, 0.1) is 0 Å². The summed E-state index contributed by atoms with van der Waals surface area (Å²) in [5, 5.41) is 3.70. The highest BCUT2D eigenvalue weighted by Crippen LogP contribution is 2.24. The van der Waals surface area contributed by atoms with E-state index in [1.807, 2.05) is 0 Å². The van der Waals surface area contributed by atoms with Gasteiger partial charge in [0.2, 0.25) is 0 Å². The molecule has 2 heteroatoms. The van der Waals surface area contributed by atoms with Crippen molar-refractivity contribution in [1.82, 2.24) is 5.32 Å². The van der Waals surface area contributed by atoms with Gasteiger partial charge in [-0.15, -0.1) is 0 Å². The molecule has 0 aromatic heterocycles. The molecule has 98 valence electrons. The van der Waals surface area contributed by atoms with E-state index in [1.165, 1.54) is 38.5 Å². The molecule has 1 heterocycles. The number of hydrogen-bond acceptors (Lipinski definition) is 2. The summed E-state index contributed by atoms with van der Waals surface area (Å²) in [5.41, 5.74) is 1.75. The Bertz CT molecular complexity index is 270. The molecule has 0 radical (unpaired) electrons. The molecule has 1 atom stereocenters. The molecule has 0 aromatic carbocycles. The van der Waals surface area contributed by atoms with Gasteiger partial charge in [0.15, 0.2) is 0 Å². The Morgan fingerprint density at radius 2 is 2.29 bits per heavy atom. The minimum absolute atomic E-state index is 0.0695. The molecule has 1 fully saturated rings. The summed E-state index contributed by atoms with van der Waals surface area (Å²) in [7, 11) is 0. The van der Waals surface area contributed by atoms with Gasteiger partial charge < -0.3 is 10.1 Å². The van der Waals surface area contributed by atoms with E-state index in [9.17, 15) is 0 Å². The van der Waals surface area contributed by atoms with Crippen molar-refractivity contribution in [3.05, 3.63) is 11.6 Å². The van der Waals surface area contributed by atoms with Gasteiger partial charge in [-0.1, -0.05) is 11.6 Å². The molecule has 1 unspecified atom stereocenters. The summed E-state index contributed by atoms with van der Waals surface area (Å²) in [6.45, 7) is 6.45. The second-order valence-electron chi connectivity index (χ2n) is 6.11. The molecule has 2 rings (SSSR count). The second-order valence-corrected chi connectivity index (χ2v) is 6.11. The van der Waals surface area contributed by atoms with Gasteiger partial charge in [0, 0.05) is 12.6 Å². The lowest BCUT2D eigenvalue weighted by molar-refractivity contribution is -0.0627. The van der Waals surface area contributed by atoms with Crippen molar-refractivity contribution in [2.24, 2.45) is 0 Å². The van der Waals surface area contributed by atoms with E-state index in [0.29, 0.717) is 6.04 Å². The first-order valence-corrected chi connectivity index (χ1v) is 7.21. The van der Waals surface area contributed by atoms with Crippen LogP contribution in [-0.4, -0.2) is 24.8 Å². The molecule has 1 N–H and O–H groups in total. The minimum Gasteiger partial charge on any atom is -0.375 e. The van der Waals surface area contributed by atoms with Gasteiger partial charge >= 0.3 is 0 Å². The highest BCUT2D eigenvalue weighted by atomic mass is 16.5. The highest BCUT2D eigenvalue weighted by molar-refractivity contribution is 5.05. The van der Waals surface area contributed by atoms with Crippen molar-refractivity contribution in [1.29, 1.82) is 0 Å². The predicted molar refractivity (Wildman–Crippen MR) is 72.2 cm³/mol. The summed E-state index contributed by atoms with van der Waals surface area (Å²) in [4.78, 5) is 0. The van der Waals surface area contributed by atoms with Crippen LogP contribution in [0.4, 0.5) is 0 Å². The molecular weight excluding hydrogens is 210 g/mol. The molecule has 2 aliphatic rings. The van der Waals surface area contributed by atoms with E-state index in [1.54, 1.807) is 5.57 Å². The van der Waals surface area contributed by atoms with Gasteiger partial charge in [0.25, 0.3) is 0 Å². The van der Waals surface area contributed by atoms with E-state index in [2.05, 4.69) is 25.2 Å². The van der Waals surface area contributed by atoms with Crippen molar-refractivity contribution in [3.8, 4) is 0 Å². The third kappa shape index (κ3) is 4.44. The summed E-state index contributed by atoms with van der Waals surface area (Å²) < 4.78 is 5.74. The molecule has 2 nitrogen and oxygen atoms in total. The van der Waals surface area contributed by atoms with Crippen LogP contribution in [0.25, 0.3) is 0 Å². The van der Waals surface area contributed by atoms with Gasteiger partial charge in [0.1, 0.15) is 0 Å². The maximum atomic E-state index is 5.74. The number of nitrogens with one attached hydrogen (secondary N) is 1. The van der Waals surface area contributed by atoms with E-state index in [-0.39, 0.29) is 5.60 Å². The first-order chi connectivity index (χ1) is 8.16. The van der Waals surface area contributed by atoms with Crippen LogP contribution >= 0.6 is 0 Å². The third-order valence-corrected chi connectivity index (χ3v) is 3.96. The van der Waals surface area contributed by atoms with Crippen molar-refractivity contribution in [2.45, 2.75) is 70.4 Å². The van der Waals surface area contributed by atoms with Crippen molar-refractivity contribution < 1.29 is 4.74 Å². The largest absolute Gasteiger partial charge is 0.375 e. The van der Waals surface area contributed by atoms with Crippen molar-refractivity contribution in [2.75, 3.05) is 13.2 Å². The summed E-state index contributed by atoms with van der Waals surface area (Å²) >= 11 is 0. The van der Waals surface area contributed by atoms with E-state index in [0.717, 1.165) is 19.6 Å². The van der Waals surface area contributed by atoms with Crippen LogP contribution < -0.4 is 5.32 Å². The minimum atomic E-state index is 0.0695. The average molecular weight is 237 g/mol. The SMILES string of the molecule is CC1(C)CC(NCCC2=CCCCC2)CCO1. The quantitative estimate of drug-likeness (QED) is 0.756. The fourth-order valence-corrected chi connectivity index (χ4v) is 2.97. The summed E-state index contributed by atoms with van der Waals surface area (Å²) in [5.74, 6) is 0. The number of rotatable bonds is 4. The number of hydrogen-bond donors (Lipinski definition) is 1. The maximum absolute atomic E-state index is 5.74. The first kappa shape index (κ1) is 13.1. The van der Waals surface area contributed by atoms with Gasteiger partial charge in [0.05, 0.1) is 5.60 Å². The standard InChI is InChI=1S/C15H27NO/c1-15(2)12-14(9-11-17-15)16-10-8-13-6-4-3-5-7-13/h6,14,16H,3-5,7-12H2,1-2H3. The first-order valence-electron chi connectivity index (χ1n) is 7.21. The Hall–Kier alpha value is -0.340. The van der Waals surface area contributed by atoms with E-state index in [4.69, 9.17) is 4.74 Å². The smallest absolute Gasteiger partial charge is 0.0641 e. The van der Waals surface area contributed by atoms with Gasteiger partial charge in [-0.2, -0.15) is 0 Å². The molecule has 0 saturated carbocycles. The number of allylic oxidation sites excluding steroid dienone is 1. The summed E-state index contributed by atoms with van der Waals surface area (Å²) in [6.07, 6.45) is 11.5. The van der Waals surface area contributed by atoms with E-state index >= 15 is 0 Å². The Morgan fingerprint density at radius 3 is 3.00 bits per heavy atom. The molecule has 0 amide bonds. The fourth-order valence-electron chi connectivity index (χ4n) is 2.97. The molecule has 1 aliphatic carbocycles. The lowest BCUT2D eigenvalue weighted by Gasteiger charge is -2.36. The number of ether oxygens (including phenoxy) is 1. The molecule has 0 spiro atoms. The molecule has 1 aliphatic heterocycles. The van der Waals surface area contributed by atoms with Gasteiger partial charge in [-0.05, 0) is 65.3 Å². The van der Waals surface area contributed by atoms with Gasteiger partial charge in [-0.3, -0.25) is 0 Å². The Balaban J connectivity index is 1.66. The van der Waals surface area contributed by atoms with Crippen LogP contribution in [0.5, 0.6) is 0 Å². The van der Waals surface area contributed by atoms with Crippen LogP contribution in [0.1, 0.15) is 58.8 Å². The molecule has 1 saturated heterocycles. The molecule has 0 bridgehead atoms. The highest BCUT2D eigenvalue weighted by Gasteiger charge is 2.28. The van der Waals surface area contributed by atoms with Crippen LogP contribution in [0.3, 0.4) is 0 Å². The van der Waals surface area contributed by atoms with Crippen LogP contribution in [0.15, 0.2) is 11.6 Å². The van der Waals surface area contributed by atoms with Crippen LogP contribution in [0.2, 0.25) is 0 Å². The zero-order valence-electron chi connectivity index (χ0n) is 11.4. The van der Waals surface area contributed by atoms with E-state index < -0.39 is 0 Å². The lowest BCUT2D eigenvalue weighted by Crippen LogP contribution is -2.44. The van der Waals surface area contributed by atoms with Crippen molar-refractivity contribution in [3.63, 3.8) is 0 Å². The Morgan fingerprint density at radius 1 is 1.41 bits per heavy atom.